The Hall–Kier alpha value is -3.20. The van der Waals surface area contributed by atoms with Crippen LogP contribution in [0.25, 0.3) is 0 Å². The first-order chi connectivity index (χ1) is 16.7. The number of nitrogens with one attached hydrogen (secondary N) is 2. The van der Waals surface area contributed by atoms with Gasteiger partial charge in [-0.2, -0.15) is 5.10 Å². The summed E-state index contributed by atoms with van der Waals surface area (Å²) >= 11 is 7.56. The van der Waals surface area contributed by atoms with E-state index in [1.807, 2.05) is 36.4 Å². The number of para-hydroxylation sites is 2. The summed E-state index contributed by atoms with van der Waals surface area (Å²) in [5.41, 5.74) is 2.38. The molecule has 8 nitrogen and oxygen atoms in total. The van der Waals surface area contributed by atoms with E-state index < -0.39 is 6.17 Å². The summed E-state index contributed by atoms with van der Waals surface area (Å²) in [6.07, 6.45) is 0.933. The molecule has 0 radical (unpaired) electrons. The number of thiophene rings is 1. The largest absolute Gasteiger partial charge is 0.378 e. The molecule has 0 amide bonds. The maximum absolute atomic E-state index is 12.6. The van der Waals surface area contributed by atoms with Gasteiger partial charge in [-0.05, 0) is 36.4 Å². The summed E-state index contributed by atoms with van der Waals surface area (Å²) in [7, 11) is 0. The number of morpholine rings is 1. The fraction of sp³-hybridized carbons (Fsp3) is 0.250. The number of hydrogen-bond acceptors (Lipinski definition) is 8. The molecule has 1 aromatic carbocycles. The number of rotatable bonds is 6. The normalized spacial score (nSPS) is 18.2. The van der Waals surface area contributed by atoms with Crippen molar-refractivity contribution in [2.24, 2.45) is 5.10 Å². The summed E-state index contributed by atoms with van der Waals surface area (Å²) in [5.74, 6) is 2.05. The number of pyridine rings is 1. The van der Waals surface area contributed by atoms with Crippen molar-refractivity contribution in [2.75, 3.05) is 36.2 Å². The van der Waals surface area contributed by atoms with E-state index in [1.165, 1.54) is 11.3 Å². The van der Waals surface area contributed by atoms with Crippen molar-refractivity contribution in [3.05, 3.63) is 85.4 Å². The lowest BCUT2D eigenvalue weighted by Gasteiger charge is -2.33. The summed E-state index contributed by atoms with van der Waals surface area (Å²) < 4.78 is 6.21. The van der Waals surface area contributed by atoms with Crippen LogP contribution in [0.2, 0.25) is 4.34 Å². The van der Waals surface area contributed by atoms with Crippen molar-refractivity contribution in [1.82, 2.24) is 10.3 Å². The summed E-state index contributed by atoms with van der Waals surface area (Å²) in [4.78, 5) is 30.7. The maximum atomic E-state index is 12.6. The van der Waals surface area contributed by atoms with E-state index in [9.17, 15) is 9.59 Å². The molecule has 2 N–H and O–H groups in total. The van der Waals surface area contributed by atoms with Gasteiger partial charge in [0.2, 0.25) is 0 Å². The number of aromatic nitrogens is 1. The zero-order valence-corrected chi connectivity index (χ0v) is 19.7. The van der Waals surface area contributed by atoms with E-state index >= 15 is 0 Å². The number of hydrazone groups is 1. The van der Waals surface area contributed by atoms with E-state index in [2.05, 4.69) is 21.1 Å². The van der Waals surface area contributed by atoms with E-state index in [-0.39, 0.29) is 11.1 Å². The molecule has 0 bridgehead atoms. The van der Waals surface area contributed by atoms with Gasteiger partial charge in [0.05, 0.1) is 34.5 Å². The zero-order valence-electron chi connectivity index (χ0n) is 18.2. The van der Waals surface area contributed by atoms with Gasteiger partial charge in [0.1, 0.15) is 23.4 Å². The van der Waals surface area contributed by atoms with Crippen LogP contribution in [0.5, 0.6) is 0 Å². The lowest BCUT2D eigenvalue weighted by atomic mass is 10.0. The van der Waals surface area contributed by atoms with E-state index in [1.54, 1.807) is 23.3 Å². The Bertz CT molecular complexity index is 1320. The molecule has 0 spiro atoms. The Morgan fingerprint density at radius 1 is 1.15 bits per heavy atom. The van der Waals surface area contributed by atoms with Gasteiger partial charge in [-0.1, -0.05) is 23.7 Å². The Balaban J connectivity index is 1.57. The van der Waals surface area contributed by atoms with E-state index in [0.29, 0.717) is 35.4 Å². The standard InChI is InChI=1S/C24H22ClN5O3S/c25-21-8-7-16(34-21)14-27-23-18(15-31)22(17-4-3-9-26-24(17)32)28-30(23)20-6-2-1-5-19(20)29-10-12-33-13-11-29/h1-9,23,27H,10-14H2,(H,26,32). The zero-order chi connectivity index (χ0) is 23.5. The highest BCUT2D eigenvalue weighted by atomic mass is 35.5. The van der Waals surface area contributed by atoms with Crippen LogP contribution in [0.1, 0.15) is 10.4 Å². The summed E-state index contributed by atoms with van der Waals surface area (Å²) in [6, 6.07) is 15.0. The predicted molar refractivity (Wildman–Crippen MR) is 135 cm³/mol. The van der Waals surface area contributed by atoms with Gasteiger partial charge in [-0.15, -0.1) is 11.3 Å². The number of hydrogen-bond donors (Lipinski definition) is 2. The van der Waals surface area contributed by atoms with E-state index in [0.717, 1.165) is 29.3 Å². The van der Waals surface area contributed by atoms with Crippen molar-refractivity contribution in [2.45, 2.75) is 12.7 Å². The summed E-state index contributed by atoms with van der Waals surface area (Å²) in [6.45, 7) is 3.26. The molecule has 2 aliphatic heterocycles. The van der Waals surface area contributed by atoms with Crippen molar-refractivity contribution in [3.63, 3.8) is 0 Å². The first kappa shape index (κ1) is 22.6. The third kappa shape index (κ3) is 4.44. The molecule has 1 unspecified atom stereocenters. The SMILES string of the molecule is O=C=C1C(c2ccc[nH]c2=O)=NN(c2ccccc2N2CCOCC2)C1NCc1ccc(Cl)s1. The minimum atomic E-state index is -0.616. The fourth-order valence-electron chi connectivity index (χ4n) is 4.14. The topological polar surface area (TPSA) is 90.0 Å². The van der Waals surface area contributed by atoms with Gasteiger partial charge in [-0.3, -0.25) is 10.1 Å². The molecule has 1 fully saturated rings. The van der Waals surface area contributed by atoms with Crippen LogP contribution in [-0.2, 0) is 16.1 Å². The highest BCUT2D eigenvalue weighted by Crippen LogP contribution is 2.36. The average Bonchev–Trinajstić information content (AvgIpc) is 3.46. The Labute approximate surface area is 205 Å². The van der Waals surface area contributed by atoms with Crippen LogP contribution < -0.4 is 20.8 Å². The Kier molecular flexibility index (Phi) is 6.62. The third-order valence-electron chi connectivity index (χ3n) is 5.74. The molecule has 10 heteroatoms. The van der Waals surface area contributed by atoms with Gasteiger partial charge < -0.3 is 14.6 Å². The Morgan fingerprint density at radius 2 is 1.94 bits per heavy atom. The number of carbonyl (C=O) groups excluding carboxylic acids is 1. The van der Waals surface area contributed by atoms with Gasteiger partial charge in [-0.25, -0.2) is 9.80 Å². The maximum Gasteiger partial charge on any atom is 0.257 e. The third-order valence-corrected chi connectivity index (χ3v) is 6.97. The minimum absolute atomic E-state index is 0.274. The number of H-pyrrole nitrogens is 1. The quantitative estimate of drug-likeness (QED) is 0.511. The first-order valence-electron chi connectivity index (χ1n) is 10.9. The molecule has 2 aromatic heterocycles. The van der Waals surface area contributed by atoms with Crippen LogP contribution in [0.3, 0.4) is 0 Å². The van der Waals surface area contributed by atoms with Crippen molar-refractivity contribution in [1.29, 1.82) is 0 Å². The van der Waals surface area contributed by atoms with Crippen molar-refractivity contribution >= 4 is 46.0 Å². The molecular weight excluding hydrogens is 474 g/mol. The molecule has 5 rings (SSSR count). The predicted octanol–water partition coefficient (Wildman–Crippen LogP) is 3.02. The molecule has 0 saturated carbocycles. The Morgan fingerprint density at radius 3 is 2.65 bits per heavy atom. The molecular formula is C24H22ClN5O3S. The lowest BCUT2D eigenvalue weighted by Crippen LogP contribution is -2.43. The molecule has 4 heterocycles. The van der Waals surface area contributed by atoms with Gasteiger partial charge >= 0.3 is 0 Å². The molecule has 0 aliphatic carbocycles. The van der Waals surface area contributed by atoms with E-state index in [4.69, 9.17) is 21.4 Å². The second kappa shape index (κ2) is 9.97. The van der Waals surface area contributed by atoms with Crippen LogP contribution in [0, 0.1) is 0 Å². The molecule has 1 saturated heterocycles. The van der Waals surface area contributed by atoms with Gasteiger partial charge in [0.25, 0.3) is 5.56 Å². The average molecular weight is 496 g/mol. The molecule has 1 atom stereocenters. The van der Waals surface area contributed by atoms with Gasteiger partial charge in [0.15, 0.2) is 0 Å². The number of halogens is 1. The molecule has 3 aromatic rings. The van der Waals surface area contributed by atoms with Crippen LogP contribution in [-0.4, -0.2) is 49.1 Å². The number of benzene rings is 1. The number of aromatic amines is 1. The second-order valence-electron chi connectivity index (χ2n) is 7.80. The minimum Gasteiger partial charge on any atom is -0.378 e. The number of anilines is 2. The molecule has 2 aliphatic rings. The van der Waals surface area contributed by atoms with Crippen LogP contribution in [0.15, 0.2) is 70.2 Å². The van der Waals surface area contributed by atoms with Crippen molar-refractivity contribution < 1.29 is 9.53 Å². The molecule has 174 valence electrons. The summed E-state index contributed by atoms with van der Waals surface area (Å²) in [5, 5.41) is 9.97. The highest BCUT2D eigenvalue weighted by molar-refractivity contribution is 7.16. The second-order valence-corrected chi connectivity index (χ2v) is 9.60. The highest BCUT2D eigenvalue weighted by Gasteiger charge is 2.37. The number of ether oxygens (including phenoxy) is 1. The van der Waals surface area contributed by atoms with Crippen molar-refractivity contribution in [3.8, 4) is 0 Å². The fourth-order valence-corrected chi connectivity index (χ4v) is 5.18. The monoisotopic (exact) mass is 495 g/mol. The molecule has 34 heavy (non-hydrogen) atoms. The lowest BCUT2D eigenvalue weighted by molar-refractivity contribution is 0.122. The van der Waals surface area contributed by atoms with Crippen LogP contribution in [0.4, 0.5) is 11.4 Å². The van der Waals surface area contributed by atoms with Gasteiger partial charge in [0, 0.05) is 30.7 Å². The smallest absolute Gasteiger partial charge is 0.257 e. The van der Waals surface area contributed by atoms with Crippen LogP contribution >= 0.6 is 22.9 Å². The number of nitrogens with zero attached hydrogens (tertiary/aromatic N) is 3. The first-order valence-corrected chi connectivity index (χ1v) is 12.1.